The van der Waals surface area contributed by atoms with E-state index in [1.807, 2.05) is 0 Å². The number of nitrogens with one attached hydrogen (secondary N) is 1. The molecule has 0 aliphatic heterocycles. The van der Waals surface area contributed by atoms with E-state index in [0.717, 1.165) is 0 Å². The zero-order chi connectivity index (χ0) is 13.4. The van der Waals surface area contributed by atoms with Crippen molar-refractivity contribution in [3.63, 3.8) is 0 Å². The molecule has 3 rings (SSSR count). The summed E-state index contributed by atoms with van der Waals surface area (Å²) in [7, 11) is 0. The third-order valence-corrected chi connectivity index (χ3v) is 2.78. The number of rotatable bonds is 2. The molecule has 7 heteroatoms. The number of hydrogen-bond donors (Lipinski definition) is 1. The Hall–Kier alpha value is -2.96. The highest BCUT2D eigenvalue weighted by atomic mass is 16.6. The van der Waals surface area contributed by atoms with Crippen molar-refractivity contribution < 1.29 is 4.92 Å². The van der Waals surface area contributed by atoms with Gasteiger partial charge in [0.1, 0.15) is 0 Å². The van der Waals surface area contributed by atoms with Gasteiger partial charge in [0.25, 0.3) is 11.2 Å². The molecule has 0 unspecified atom stereocenters. The maximum absolute atomic E-state index is 11.8. The van der Waals surface area contributed by atoms with Gasteiger partial charge in [-0.15, -0.1) is 0 Å². The molecule has 1 aromatic carbocycles. The fraction of sp³-hybridized carbons (Fsp3) is 0. The molecule has 3 aromatic rings. The molecule has 0 bridgehead atoms. The number of fused-ring (bicyclic) bond motifs is 1. The molecule has 0 amide bonds. The molecule has 0 atom stereocenters. The molecule has 2 heterocycles. The van der Waals surface area contributed by atoms with E-state index >= 15 is 0 Å². The largest absolute Gasteiger partial charge is 0.317 e. The maximum Gasteiger partial charge on any atom is 0.292 e. The molecule has 94 valence electrons. The van der Waals surface area contributed by atoms with Gasteiger partial charge in [-0.05, 0) is 12.1 Å². The number of nitro benzene ring substituents is 1. The van der Waals surface area contributed by atoms with Gasteiger partial charge in [-0.25, -0.2) is 4.98 Å². The summed E-state index contributed by atoms with van der Waals surface area (Å²) >= 11 is 0. The van der Waals surface area contributed by atoms with Crippen molar-refractivity contribution in [2.24, 2.45) is 0 Å². The summed E-state index contributed by atoms with van der Waals surface area (Å²) in [6, 6.07) is 5.97. The zero-order valence-electron chi connectivity index (χ0n) is 9.61. The molecule has 0 aliphatic rings. The van der Waals surface area contributed by atoms with Crippen LogP contribution < -0.4 is 5.56 Å². The summed E-state index contributed by atoms with van der Waals surface area (Å²) in [6.45, 7) is 0. The van der Waals surface area contributed by atoms with Crippen molar-refractivity contribution in [1.29, 1.82) is 0 Å². The molecular weight excluding hydrogens is 248 g/mol. The first-order valence-electron chi connectivity index (χ1n) is 5.46. The second kappa shape index (κ2) is 4.05. The Balaban J connectivity index is 2.13. The van der Waals surface area contributed by atoms with E-state index in [-0.39, 0.29) is 11.2 Å². The first-order chi connectivity index (χ1) is 9.15. The van der Waals surface area contributed by atoms with Crippen molar-refractivity contribution in [2.45, 2.75) is 0 Å². The molecule has 19 heavy (non-hydrogen) atoms. The van der Waals surface area contributed by atoms with Crippen molar-refractivity contribution >= 4 is 11.3 Å². The zero-order valence-corrected chi connectivity index (χ0v) is 9.61. The molecule has 1 N–H and O–H groups in total. The summed E-state index contributed by atoms with van der Waals surface area (Å²) in [5.74, 6) is 0. The van der Waals surface area contributed by atoms with Crippen LogP contribution in [0.5, 0.6) is 0 Å². The normalized spacial score (nSPS) is 10.7. The van der Waals surface area contributed by atoms with Crippen LogP contribution in [-0.2, 0) is 0 Å². The minimum atomic E-state index is -0.467. The summed E-state index contributed by atoms with van der Waals surface area (Å²) < 4.78 is 1.61. The quantitative estimate of drug-likeness (QED) is 0.556. The first-order valence-corrected chi connectivity index (χ1v) is 5.46. The SMILES string of the molecule is O=c1[nH]c(-c2ccc([N+](=O)[O-])cc2)cn2ccnc12. The number of benzene rings is 1. The maximum atomic E-state index is 11.8. The first kappa shape index (κ1) is 11.1. The van der Waals surface area contributed by atoms with E-state index in [2.05, 4.69) is 9.97 Å². The number of non-ortho nitro benzene ring substituents is 1. The number of H-pyrrole nitrogens is 1. The van der Waals surface area contributed by atoms with Crippen molar-refractivity contribution in [2.75, 3.05) is 0 Å². The van der Waals surface area contributed by atoms with Crippen LogP contribution in [0.1, 0.15) is 0 Å². The van der Waals surface area contributed by atoms with Gasteiger partial charge in [0, 0.05) is 36.3 Å². The Bertz CT molecular complexity index is 817. The third-order valence-electron chi connectivity index (χ3n) is 2.78. The van der Waals surface area contributed by atoms with Gasteiger partial charge in [-0.2, -0.15) is 0 Å². The molecule has 0 saturated carbocycles. The van der Waals surface area contributed by atoms with E-state index in [1.54, 1.807) is 28.9 Å². The van der Waals surface area contributed by atoms with Crippen LogP contribution in [0.15, 0.2) is 47.7 Å². The predicted molar refractivity (Wildman–Crippen MR) is 67.9 cm³/mol. The molecule has 2 aromatic heterocycles. The Labute approximate surface area is 106 Å². The van der Waals surface area contributed by atoms with Gasteiger partial charge < -0.3 is 9.38 Å². The van der Waals surface area contributed by atoms with E-state index in [4.69, 9.17) is 0 Å². The van der Waals surface area contributed by atoms with Crippen LogP contribution in [0.25, 0.3) is 16.9 Å². The van der Waals surface area contributed by atoms with E-state index in [0.29, 0.717) is 16.9 Å². The molecule has 0 fully saturated rings. The topological polar surface area (TPSA) is 93.3 Å². The molecule has 0 radical (unpaired) electrons. The van der Waals surface area contributed by atoms with Crippen LogP contribution >= 0.6 is 0 Å². The highest BCUT2D eigenvalue weighted by Crippen LogP contribution is 2.19. The van der Waals surface area contributed by atoms with E-state index in [9.17, 15) is 14.9 Å². The standard InChI is InChI=1S/C12H8N4O3/c17-12-11-13-5-6-15(11)7-10(14-12)8-1-3-9(4-2-8)16(18)19/h1-7H,(H,14,17). The van der Waals surface area contributed by atoms with Crippen molar-refractivity contribution in [3.05, 3.63) is 63.3 Å². The summed E-state index contributed by atoms with van der Waals surface area (Å²) in [5, 5.41) is 10.6. The number of imidazole rings is 1. The smallest absolute Gasteiger partial charge is 0.292 e. The number of aromatic amines is 1. The average molecular weight is 256 g/mol. The minimum Gasteiger partial charge on any atom is -0.317 e. The minimum absolute atomic E-state index is 0.00908. The summed E-state index contributed by atoms with van der Waals surface area (Å²) in [4.78, 5) is 28.5. The lowest BCUT2D eigenvalue weighted by Crippen LogP contribution is -2.10. The number of aromatic nitrogens is 3. The lowest BCUT2D eigenvalue weighted by Gasteiger charge is -2.02. The second-order valence-electron chi connectivity index (χ2n) is 3.96. The summed E-state index contributed by atoms with van der Waals surface area (Å²) in [5.41, 5.74) is 1.28. The monoisotopic (exact) mass is 256 g/mol. The highest BCUT2D eigenvalue weighted by molar-refractivity contribution is 5.61. The van der Waals surface area contributed by atoms with Crippen LogP contribution in [0.4, 0.5) is 5.69 Å². The summed E-state index contributed by atoms with van der Waals surface area (Å²) in [6.07, 6.45) is 4.91. The predicted octanol–water partition coefficient (Wildman–Crippen LogP) is 1.60. The lowest BCUT2D eigenvalue weighted by atomic mass is 10.1. The number of nitrogens with zero attached hydrogens (tertiary/aromatic N) is 3. The highest BCUT2D eigenvalue weighted by Gasteiger charge is 2.07. The van der Waals surface area contributed by atoms with Crippen molar-refractivity contribution in [3.8, 4) is 11.3 Å². The molecule has 0 aliphatic carbocycles. The molecule has 0 spiro atoms. The third kappa shape index (κ3) is 1.86. The molecule has 7 nitrogen and oxygen atoms in total. The second-order valence-corrected chi connectivity index (χ2v) is 3.96. The van der Waals surface area contributed by atoms with Gasteiger partial charge in [0.2, 0.25) is 5.65 Å². The van der Waals surface area contributed by atoms with Crippen LogP contribution in [-0.4, -0.2) is 19.3 Å². The Kier molecular flexibility index (Phi) is 2.38. The van der Waals surface area contributed by atoms with Gasteiger partial charge in [-0.1, -0.05) is 0 Å². The molecular formula is C12H8N4O3. The van der Waals surface area contributed by atoms with Gasteiger partial charge in [0.05, 0.1) is 10.6 Å². The number of hydrogen-bond acceptors (Lipinski definition) is 4. The van der Waals surface area contributed by atoms with Gasteiger partial charge >= 0.3 is 0 Å². The Morgan fingerprint density at radius 3 is 2.68 bits per heavy atom. The average Bonchev–Trinajstić information content (AvgIpc) is 2.87. The van der Waals surface area contributed by atoms with E-state index < -0.39 is 4.92 Å². The van der Waals surface area contributed by atoms with E-state index in [1.165, 1.54) is 18.3 Å². The van der Waals surface area contributed by atoms with Gasteiger partial charge in [-0.3, -0.25) is 14.9 Å². The fourth-order valence-corrected chi connectivity index (χ4v) is 1.85. The molecule has 0 saturated heterocycles. The lowest BCUT2D eigenvalue weighted by molar-refractivity contribution is -0.384. The Morgan fingerprint density at radius 1 is 1.26 bits per heavy atom. The van der Waals surface area contributed by atoms with Crippen LogP contribution in [0.3, 0.4) is 0 Å². The van der Waals surface area contributed by atoms with Crippen LogP contribution in [0.2, 0.25) is 0 Å². The van der Waals surface area contributed by atoms with Crippen molar-refractivity contribution in [1.82, 2.24) is 14.4 Å². The fourth-order valence-electron chi connectivity index (χ4n) is 1.85. The number of nitro groups is 1. The van der Waals surface area contributed by atoms with Crippen LogP contribution in [0, 0.1) is 10.1 Å². The Morgan fingerprint density at radius 2 is 2.00 bits per heavy atom. The van der Waals surface area contributed by atoms with Gasteiger partial charge in [0.15, 0.2) is 0 Å².